The van der Waals surface area contributed by atoms with Gasteiger partial charge in [0.15, 0.2) is 23.0 Å². The third kappa shape index (κ3) is 3.14. The Morgan fingerprint density at radius 2 is 2.22 bits per heavy atom. The minimum atomic E-state index is 0. The summed E-state index contributed by atoms with van der Waals surface area (Å²) < 4.78 is 0. The number of hydrogen-bond donors (Lipinski definition) is 2. The van der Waals surface area contributed by atoms with Crippen molar-refractivity contribution in [2.24, 2.45) is 5.10 Å². The van der Waals surface area contributed by atoms with Gasteiger partial charge in [0, 0.05) is 22.6 Å². The van der Waals surface area contributed by atoms with E-state index in [0.717, 1.165) is 17.8 Å². The van der Waals surface area contributed by atoms with E-state index in [1.54, 1.807) is 0 Å². The largest absolute Gasteiger partial charge is 0.514 e. The fraction of sp³-hybridized carbons (Fsp3) is 0.182. The number of benzene rings is 1. The SMILES string of the molecule is CCNC(=[SH+])[N-]N=C1C(=[OH+])Nc2ccccc21.[Cu]. The Morgan fingerprint density at radius 3 is 2.94 bits per heavy atom. The average Bonchev–Trinajstić information content (AvgIpc) is 2.62. The standard InChI is InChI=1S/C11H12N4OS.Cu/c1-2-12-11(17)15-14-9-7-5-3-4-6-8(7)13-10(9)16;/h3-6H,2H2,1H3,(H3,12,13,14,15,16,17);/p+1. The molecule has 1 aromatic rings. The number of thiol groups is 1. The minimum Gasteiger partial charge on any atom is -0.514 e. The van der Waals surface area contributed by atoms with Gasteiger partial charge in [-0.1, -0.05) is 25.1 Å². The molecule has 1 amide bonds. The topological polar surface area (TPSA) is 71.9 Å². The zero-order chi connectivity index (χ0) is 12.3. The summed E-state index contributed by atoms with van der Waals surface area (Å²) >= 11 is 4.10. The van der Waals surface area contributed by atoms with Crippen LogP contribution in [-0.4, -0.2) is 28.1 Å². The van der Waals surface area contributed by atoms with Gasteiger partial charge in [-0.15, -0.1) is 0 Å². The molecule has 0 saturated carbocycles. The van der Waals surface area contributed by atoms with Crippen molar-refractivity contribution >= 4 is 34.6 Å². The predicted octanol–water partition coefficient (Wildman–Crippen LogP) is 0.666. The van der Waals surface area contributed by atoms with E-state index in [2.05, 4.69) is 33.4 Å². The molecule has 0 unspecified atom stereocenters. The molecule has 2 rings (SSSR count). The molecule has 1 aliphatic heterocycles. The summed E-state index contributed by atoms with van der Waals surface area (Å²) in [6, 6.07) is 7.49. The smallest absolute Gasteiger partial charge is 0.443 e. The summed E-state index contributed by atoms with van der Waals surface area (Å²) in [5, 5.41) is 10.1. The van der Waals surface area contributed by atoms with Gasteiger partial charge in [0.05, 0.1) is 5.69 Å². The minimum absolute atomic E-state index is 0. The molecule has 3 N–H and O–H groups in total. The first-order chi connectivity index (χ1) is 8.22. The van der Waals surface area contributed by atoms with Crippen LogP contribution in [-0.2, 0) is 29.3 Å². The third-order valence-electron chi connectivity index (χ3n) is 2.24. The molecule has 1 aliphatic rings. The number of nitrogens with zero attached hydrogens (tertiary/aromatic N) is 2. The van der Waals surface area contributed by atoms with Gasteiger partial charge in [0.25, 0.3) is 0 Å². The summed E-state index contributed by atoms with van der Waals surface area (Å²) in [5.41, 5.74) is 5.95. The van der Waals surface area contributed by atoms with Gasteiger partial charge >= 0.3 is 5.91 Å². The molecule has 1 heterocycles. The summed E-state index contributed by atoms with van der Waals surface area (Å²) in [5.74, 6) is 0.00702. The van der Waals surface area contributed by atoms with Crippen LogP contribution in [0, 0.1) is 0 Å². The zero-order valence-electron chi connectivity index (χ0n) is 9.61. The molecule has 0 aromatic heterocycles. The molecule has 5 nitrogen and oxygen atoms in total. The third-order valence-corrected chi connectivity index (χ3v) is 2.49. The molecule has 0 saturated heterocycles. The second kappa shape index (κ2) is 6.61. The number of para-hydroxylation sites is 1. The van der Waals surface area contributed by atoms with E-state index in [9.17, 15) is 4.79 Å². The average molecular weight is 313 g/mol. The first kappa shape index (κ1) is 14.8. The maximum absolute atomic E-state index is 9.71. The summed E-state index contributed by atoms with van der Waals surface area (Å²) in [7, 11) is 0. The molecular weight excluding hydrogens is 300 g/mol. The van der Waals surface area contributed by atoms with Crippen molar-refractivity contribution < 1.29 is 21.9 Å². The van der Waals surface area contributed by atoms with E-state index in [4.69, 9.17) is 0 Å². The van der Waals surface area contributed by atoms with E-state index < -0.39 is 0 Å². The van der Waals surface area contributed by atoms with Crippen molar-refractivity contribution in [3.8, 4) is 0 Å². The van der Waals surface area contributed by atoms with Crippen LogP contribution in [0.4, 0.5) is 5.69 Å². The number of anilines is 1. The Morgan fingerprint density at radius 1 is 1.50 bits per heavy atom. The van der Waals surface area contributed by atoms with E-state index in [0.29, 0.717) is 10.8 Å². The fourth-order valence-corrected chi connectivity index (χ4v) is 1.71. The molecule has 0 aliphatic carbocycles. The molecule has 0 fully saturated rings. The second-order valence-corrected chi connectivity index (χ2v) is 3.85. The normalized spacial score (nSPS) is 14.7. The first-order valence-corrected chi connectivity index (χ1v) is 5.68. The van der Waals surface area contributed by atoms with Gasteiger partial charge < -0.3 is 10.5 Å². The van der Waals surface area contributed by atoms with E-state index >= 15 is 0 Å². The molecule has 99 valence electrons. The van der Waals surface area contributed by atoms with Gasteiger partial charge in [0.1, 0.15) is 0 Å². The summed E-state index contributed by atoms with van der Waals surface area (Å²) in [6.45, 7) is 2.66. The van der Waals surface area contributed by atoms with Crippen LogP contribution in [0.15, 0.2) is 29.4 Å². The number of rotatable bonds is 2. The second-order valence-electron chi connectivity index (χ2n) is 3.42. The predicted molar refractivity (Wildman–Crippen MR) is 74.3 cm³/mol. The van der Waals surface area contributed by atoms with Crippen LogP contribution in [0.3, 0.4) is 0 Å². The molecule has 18 heavy (non-hydrogen) atoms. The van der Waals surface area contributed by atoms with Gasteiger partial charge in [0.2, 0.25) is 0 Å². The number of nitrogens with one attached hydrogen (secondary N) is 2. The molecule has 7 heteroatoms. The van der Waals surface area contributed by atoms with Gasteiger partial charge in [-0.3, -0.25) is 15.4 Å². The summed E-state index contributed by atoms with van der Waals surface area (Å²) in [6.07, 6.45) is 0. The van der Waals surface area contributed by atoms with E-state index in [1.165, 1.54) is 0 Å². The first-order valence-electron chi connectivity index (χ1n) is 5.23. The fourth-order valence-electron chi connectivity index (χ4n) is 1.50. The molecular formula is C11H13CuN4OS+. The van der Waals surface area contributed by atoms with E-state index in [-0.39, 0.29) is 23.0 Å². The van der Waals surface area contributed by atoms with Crippen molar-refractivity contribution in [1.82, 2.24) is 5.32 Å². The van der Waals surface area contributed by atoms with Crippen molar-refractivity contribution in [3.05, 3.63) is 35.3 Å². The Hall–Kier alpha value is -1.27. The van der Waals surface area contributed by atoms with Crippen molar-refractivity contribution in [1.29, 1.82) is 0 Å². The maximum atomic E-state index is 9.71. The number of hydrogen-bond acceptors (Lipinski definition) is 1. The van der Waals surface area contributed by atoms with Gasteiger partial charge in [-0.25, -0.2) is 0 Å². The van der Waals surface area contributed by atoms with Crippen LogP contribution in [0.5, 0.6) is 0 Å². The molecule has 0 spiro atoms. The number of carbonyl (C=O) groups excluding carboxylic acids is 1. The maximum Gasteiger partial charge on any atom is 0.443 e. The van der Waals surface area contributed by atoms with Gasteiger partial charge in [-0.05, 0) is 12.6 Å². The Balaban J connectivity index is 0.00000162. The van der Waals surface area contributed by atoms with Crippen molar-refractivity contribution in [2.75, 3.05) is 11.9 Å². The van der Waals surface area contributed by atoms with Crippen LogP contribution in [0.2, 0.25) is 0 Å². The Bertz CT molecular complexity index is 504. The van der Waals surface area contributed by atoms with Crippen LogP contribution >= 0.6 is 0 Å². The van der Waals surface area contributed by atoms with Crippen LogP contribution < -0.4 is 10.6 Å². The Labute approximate surface area is 121 Å². The Kier molecular flexibility index (Phi) is 5.43. The quantitative estimate of drug-likeness (QED) is 0.272. The number of fused-ring (bicyclic) bond motifs is 1. The molecule has 1 aromatic carbocycles. The number of amides is 1. The van der Waals surface area contributed by atoms with Gasteiger partial charge in [-0.2, -0.15) is 0 Å². The van der Waals surface area contributed by atoms with Crippen molar-refractivity contribution in [3.63, 3.8) is 0 Å². The van der Waals surface area contributed by atoms with Crippen LogP contribution in [0.1, 0.15) is 12.5 Å². The molecule has 1 radical (unpaired) electrons. The summed E-state index contributed by atoms with van der Waals surface area (Å²) in [4.78, 5) is 9.71. The molecule has 0 atom stereocenters. The monoisotopic (exact) mass is 312 g/mol. The van der Waals surface area contributed by atoms with E-state index in [1.807, 2.05) is 31.2 Å². The van der Waals surface area contributed by atoms with Crippen molar-refractivity contribution in [2.45, 2.75) is 6.92 Å². The zero-order valence-corrected chi connectivity index (χ0v) is 11.4. The van der Waals surface area contributed by atoms with Crippen LogP contribution in [0.25, 0.3) is 5.43 Å². The molecule has 0 bridgehead atoms.